The molecular formula is C20H18O5. The van der Waals surface area contributed by atoms with E-state index in [1.165, 1.54) is 12.2 Å². The average Bonchev–Trinajstić information content (AvgIpc) is 2.65. The first-order chi connectivity index (χ1) is 12.1. The third-order valence-corrected chi connectivity index (χ3v) is 3.06. The summed E-state index contributed by atoms with van der Waals surface area (Å²) in [5.74, 6) is 0.121. The third-order valence-electron chi connectivity index (χ3n) is 3.06. The Labute approximate surface area is 146 Å². The molecular weight excluding hydrogens is 320 g/mol. The lowest BCUT2D eigenvalue weighted by atomic mass is 10.2. The number of esters is 2. The molecule has 0 fully saturated rings. The van der Waals surface area contributed by atoms with Crippen LogP contribution in [0, 0.1) is 0 Å². The molecule has 128 valence electrons. The van der Waals surface area contributed by atoms with Gasteiger partial charge in [-0.3, -0.25) is 0 Å². The zero-order valence-electron chi connectivity index (χ0n) is 13.6. The van der Waals surface area contributed by atoms with Gasteiger partial charge in [0.2, 0.25) is 0 Å². The predicted octanol–water partition coefficient (Wildman–Crippen LogP) is 4.16. The van der Waals surface area contributed by atoms with E-state index in [-0.39, 0.29) is 13.2 Å². The smallest absolute Gasteiger partial charge is 0.338 e. The van der Waals surface area contributed by atoms with Crippen LogP contribution in [0.4, 0.5) is 0 Å². The number of rotatable bonds is 8. The maximum atomic E-state index is 11.8. The van der Waals surface area contributed by atoms with E-state index in [1.807, 2.05) is 0 Å². The zero-order chi connectivity index (χ0) is 18.1. The molecule has 2 aromatic carbocycles. The summed E-state index contributed by atoms with van der Waals surface area (Å²) < 4.78 is 15.6. The molecule has 25 heavy (non-hydrogen) atoms. The van der Waals surface area contributed by atoms with Crippen LogP contribution in [0.5, 0.6) is 11.5 Å². The van der Waals surface area contributed by atoms with E-state index in [4.69, 9.17) is 14.2 Å². The molecule has 0 saturated heterocycles. The summed E-state index contributed by atoms with van der Waals surface area (Å²) in [5, 5.41) is 0. The van der Waals surface area contributed by atoms with Crippen molar-refractivity contribution in [3.05, 3.63) is 85.0 Å². The van der Waals surface area contributed by atoms with E-state index in [0.29, 0.717) is 22.6 Å². The predicted molar refractivity (Wildman–Crippen MR) is 93.9 cm³/mol. The fourth-order valence-corrected chi connectivity index (χ4v) is 1.92. The monoisotopic (exact) mass is 338 g/mol. The first kappa shape index (κ1) is 18.0. The molecule has 5 heteroatoms. The van der Waals surface area contributed by atoms with Crippen LogP contribution in [0.1, 0.15) is 20.7 Å². The molecule has 0 unspecified atom stereocenters. The van der Waals surface area contributed by atoms with Gasteiger partial charge >= 0.3 is 11.9 Å². The Kier molecular flexibility index (Phi) is 6.54. The minimum Gasteiger partial charge on any atom is -0.458 e. The van der Waals surface area contributed by atoms with Crippen molar-refractivity contribution in [2.45, 2.75) is 0 Å². The van der Waals surface area contributed by atoms with Gasteiger partial charge in [0.1, 0.15) is 24.7 Å². The maximum absolute atomic E-state index is 11.8. The molecule has 0 heterocycles. The zero-order valence-corrected chi connectivity index (χ0v) is 13.6. The molecule has 0 saturated carbocycles. The van der Waals surface area contributed by atoms with Crippen LogP contribution in [0.15, 0.2) is 73.8 Å². The molecule has 5 nitrogen and oxygen atoms in total. The number of hydrogen-bond acceptors (Lipinski definition) is 5. The van der Waals surface area contributed by atoms with Gasteiger partial charge < -0.3 is 14.2 Å². The van der Waals surface area contributed by atoms with Crippen LogP contribution in [0.25, 0.3) is 0 Å². The summed E-state index contributed by atoms with van der Waals surface area (Å²) in [5.41, 5.74) is 0.792. The van der Waals surface area contributed by atoms with Gasteiger partial charge in [0, 0.05) is 0 Å². The highest BCUT2D eigenvalue weighted by molar-refractivity contribution is 5.90. The number of carbonyl (C=O) groups is 2. The van der Waals surface area contributed by atoms with E-state index >= 15 is 0 Å². The van der Waals surface area contributed by atoms with Gasteiger partial charge in [-0.05, 0) is 42.5 Å². The first-order valence-corrected chi connectivity index (χ1v) is 7.58. The first-order valence-electron chi connectivity index (χ1n) is 7.58. The van der Waals surface area contributed by atoms with Crippen molar-refractivity contribution in [1.29, 1.82) is 0 Å². The molecule has 0 radical (unpaired) electrons. The normalized spacial score (nSPS) is 9.76. The lowest BCUT2D eigenvalue weighted by molar-refractivity contribution is 0.0540. The summed E-state index contributed by atoms with van der Waals surface area (Å²) in [6, 6.07) is 13.1. The highest BCUT2D eigenvalue weighted by Crippen LogP contribution is 2.23. The summed E-state index contributed by atoms with van der Waals surface area (Å²) in [7, 11) is 0. The Bertz CT molecular complexity index is 762. The van der Waals surface area contributed by atoms with Gasteiger partial charge in [-0.1, -0.05) is 31.4 Å². The van der Waals surface area contributed by atoms with Gasteiger partial charge in [-0.2, -0.15) is 0 Å². The van der Waals surface area contributed by atoms with Crippen LogP contribution < -0.4 is 4.74 Å². The molecule has 0 aliphatic rings. The van der Waals surface area contributed by atoms with Gasteiger partial charge in [0.25, 0.3) is 0 Å². The molecule has 0 N–H and O–H groups in total. The Morgan fingerprint density at radius 1 is 0.800 bits per heavy atom. The van der Waals surface area contributed by atoms with Crippen molar-refractivity contribution >= 4 is 11.9 Å². The average molecular weight is 338 g/mol. The molecule has 0 aliphatic heterocycles. The highest BCUT2D eigenvalue weighted by atomic mass is 16.5. The summed E-state index contributed by atoms with van der Waals surface area (Å²) in [6.45, 7) is 7.29. The quantitative estimate of drug-likeness (QED) is 0.534. The van der Waals surface area contributed by atoms with Gasteiger partial charge in [0.15, 0.2) is 0 Å². The van der Waals surface area contributed by atoms with Crippen molar-refractivity contribution in [2.75, 3.05) is 13.2 Å². The third kappa shape index (κ3) is 5.35. The van der Waals surface area contributed by atoms with Crippen LogP contribution in [-0.4, -0.2) is 25.2 Å². The molecule has 0 aromatic heterocycles. The van der Waals surface area contributed by atoms with E-state index in [9.17, 15) is 9.59 Å². The largest absolute Gasteiger partial charge is 0.458 e. The second-order valence-electron chi connectivity index (χ2n) is 4.93. The van der Waals surface area contributed by atoms with Gasteiger partial charge in [0.05, 0.1) is 11.1 Å². The molecule has 0 aliphatic carbocycles. The molecule has 0 bridgehead atoms. The molecule has 2 aromatic rings. The van der Waals surface area contributed by atoms with E-state index in [2.05, 4.69) is 13.2 Å². The number of carbonyl (C=O) groups excluding carboxylic acids is 2. The summed E-state index contributed by atoms with van der Waals surface area (Å²) in [6.07, 6.45) is 3.00. The van der Waals surface area contributed by atoms with E-state index < -0.39 is 11.9 Å². The van der Waals surface area contributed by atoms with Crippen molar-refractivity contribution < 1.29 is 23.8 Å². The fraction of sp³-hybridized carbons (Fsp3) is 0.100. The van der Waals surface area contributed by atoms with Crippen LogP contribution >= 0.6 is 0 Å². The fourth-order valence-electron chi connectivity index (χ4n) is 1.92. The second kappa shape index (κ2) is 9.08. The van der Waals surface area contributed by atoms with Gasteiger partial charge in [-0.25, -0.2) is 9.59 Å². The minimum absolute atomic E-state index is 0.146. The lowest BCUT2D eigenvalue weighted by Crippen LogP contribution is -2.05. The number of ether oxygens (including phenoxy) is 3. The topological polar surface area (TPSA) is 61.8 Å². The van der Waals surface area contributed by atoms with Crippen molar-refractivity contribution in [3.63, 3.8) is 0 Å². The van der Waals surface area contributed by atoms with Crippen LogP contribution in [0.2, 0.25) is 0 Å². The highest BCUT2D eigenvalue weighted by Gasteiger charge is 2.09. The number of hydrogen-bond donors (Lipinski definition) is 0. The minimum atomic E-state index is -0.453. The van der Waals surface area contributed by atoms with E-state index in [1.54, 1.807) is 48.5 Å². The van der Waals surface area contributed by atoms with Crippen molar-refractivity contribution in [3.8, 4) is 11.5 Å². The SMILES string of the molecule is C=CCOC(=O)c1ccc(Oc2cccc(C(=O)OCC=C)c2)cc1. The van der Waals surface area contributed by atoms with Crippen molar-refractivity contribution in [1.82, 2.24) is 0 Å². The standard InChI is InChI=1S/C20H18O5/c1-3-12-23-19(21)15-8-10-17(11-9-15)25-18-7-5-6-16(14-18)20(22)24-13-4-2/h3-11,14H,1-2,12-13H2. The molecule has 0 spiro atoms. The Hall–Kier alpha value is -3.34. The van der Waals surface area contributed by atoms with Crippen molar-refractivity contribution in [2.24, 2.45) is 0 Å². The lowest BCUT2D eigenvalue weighted by Gasteiger charge is -2.08. The second-order valence-corrected chi connectivity index (χ2v) is 4.93. The van der Waals surface area contributed by atoms with Gasteiger partial charge in [-0.15, -0.1) is 0 Å². The molecule has 0 amide bonds. The summed E-state index contributed by atoms with van der Waals surface area (Å²) in [4.78, 5) is 23.5. The Balaban J connectivity index is 2.04. The van der Waals surface area contributed by atoms with Crippen LogP contribution in [0.3, 0.4) is 0 Å². The Morgan fingerprint density at radius 2 is 1.40 bits per heavy atom. The molecule has 2 rings (SSSR count). The van der Waals surface area contributed by atoms with E-state index in [0.717, 1.165) is 0 Å². The number of benzene rings is 2. The maximum Gasteiger partial charge on any atom is 0.338 e. The Morgan fingerprint density at radius 3 is 2.00 bits per heavy atom. The summed E-state index contributed by atoms with van der Waals surface area (Å²) >= 11 is 0. The van der Waals surface area contributed by atoms with Crippen LogP contribution in [-0.2, 0) is 9.47 Å². The molecule has 0 atom stereocenters.